The number of hydrogen-bond acceptors (Lipinski definition) is 3. The van der Waals surface area contributed by atoms with Crippen molar-refractivity contribution in [1.82, 2.24) is 9.88 Å². The first-order valence-electron chi connectivity index (χ1n) is 13.1. The van der Waals surface area contributed by atoms with Gasteiger partial charge in [0.2, 0.25) is 11.8 Å². The van der Waals surface area contributed by atoms with Crippen LogP contribution in [0.3, 0.4) is 0 Å². The van der Waals surface area contributed by atoms with Crippen molar-refractivity contribution in [2.45, 2.75) is 78.6 Å². The maximum Gasteiger partial charge on any atom is 0.226 e. The normalized spacial score (nSPS) is 37.2. The topological polar surface area (TPSA) is 62.3 Å². The molecular formula is C28H38ClN3O2. The molecular weight excluding hydrogens is 446 g/mol. The number of halogens is 1. The molecule has 1 aliphatic heterocycles. The highest BCUT2D eigenvalue weighted by molar-refractivity contribution is 6.30. The second-order valence-corrected chi connectivity index (χ2v) is 12.1. The van der Waals surface area contributed by atoms with Crippen molar-refractivity contribution in [3.63, 3.8) is 0 Å². The lowest BCUT2D eigenvalue weighted by molar-refractivity contribution is -0.136. The fraction of sp³-hybridized carbons (Fsp3) is 0.679. The van der Waals surface area contributed by atoms with Gasteiger partial charge in [0.05, 0.1) is 0 Å². The smallest absolute Gasteiger partial charge is 0.226 e. The van der Waals surface area contributed by atoms with Crippen LogP contribution in [0.4, 0.5) is 5.82 Å². The first kappa shape index (κ1) is 23.8. The number of aryl methyl sites for hydroxylation is 1. The molecule has 6 heteroatoms. The van der Waals surface area contributed by atoms with Crippen LogP contribution < -0.4 is 5.32 Å². The highest BCUT2D eigenvalue weighted by atomic mass is 35.5. The zero-order valence-electron chi connectivity index (χ0n) is 21.0. The van der Waals surface area contributed by atoms with E-state index in [0.29, 0.717) is 42.3 Å². The molecule has 1 aromatic rings. The van der Waals surface area contributed by atoms with Crippen molar-refractivity contribution in [2.24, 2.45) is 34.5 Å². The maximum absolute atomic E-state index is 13.0. The second kappa shape index (κ2) is 8.65. The van der Waals surface area contributed by atoms with Crippen LogP contribution in [-0.2, 0) is 16.0 Å². The predicted octanol–water partition coefficient (Wildman–Crippen LogP) is 6.14. The number of nitrogens with zero attached hydrogens (tertiary/aromatic N) is 2. The number of anilines is 1. The summed E-state index contributed by atoms with van der Waals surface area (Å²) >= 11 is 6.95. The quantitative estimate of drug-likeness (QED) is 0.559. The van der Waals surface area contributed by atoms with Gasteiger partial charge < -0.3 is 10.2 Å². The van der Waals surface area contributed by atoms with E-state index in [1.807, 2.05) is 30.1 Å². The van der Waals surface area contributed by atoms with Crippen molar-refractivity contribution in [2.75, 3.05) is 12.4 Å². The Balaban J connectivity index is 1.34. The average molecular weight is 484 g/mol. The first-order chi connectivity index (χ1) is 16.2. The van der Waals surface area contributed by atoms with Gasteiger partial charge in [-0.3, -0.25) is 9.59 Å². The van der Waals surface area contributed by atoms with Crippen LogP contribution in [0, 0.1) is 34.5 Å². The lowest BCUT2D eigenvalue weighted by Crippen LogP contribution is -2.54. The minimum atomic E-state index is -0.0184. The van der Waals surface area contributed by atoms with Crippen molar-refractivity contribution in [3.05, 3.63) is 34.6 Å². The maximum atomic E-state index is 13.0. The van der Waals surface area contributed by atoms with Crippen molar-refractivity contribution in [3.8, 4) is 0 Å². The van der Waals surface area contributed by atoms with Gasteiger partial charge in [-0.15, -0.1) is 0 Å². The molecule has 0 radical (unpaired) electrons. The highest BCUT2D eigenvalue weighted by Gasteiger charge is 2.60. The minimum absolute atomic E-state index is 0.0184. The van der Waals surface area contributed by atoms with E-state index in [1.54, 1.807) is 0 Å². The molecule has 34 heavy (non-hydrogen) atoms. The number of piperidine rings is 1. The first-order valence-corrected chi connectivity index (χ1v) is 13.5. The molecule has 5 nitrogen and oxygen atoms in total. The molecule has 1 N–H and O–H groups in total. The number of likely N-dealkylation sites (tertiary alicyclic amines) is 1. The second-order valence-electron chi connectivity index (χ2n) is 11.6. The molecule has 3 fully saturated rings. The Morgan fingerprint density at radius 3 is 2.76 bits per heavy atom. The molecule has 0 bridgehead atoms. The number of carbonyl (C=O) groups is 2. The van der Waals surface area contributed by atoms with Crippen LogP contribution in [0.25, 0.3) is 0 Å². The average Bonchev–Trinajstić information content (AvgIpc) is 3.13. The molecule has 184 valence electrons. The molecule has 2 amide bonds. The van der Waals surface area contributed by atoms with Crippen LogP contribution in [0.2, 0.25) is 0 Å². The Bertz CT molecular complexity index is 1040. The third-order valence-electron chi connectivity index (χ3n) is 10.1. The van der Waals surface area contributed by atoms with Gasteiger partial charge in [0.1, 0.15) is 5.82 Å². The molecule has 0 aromatic carbocycles. The van der Waals surface area contributed by atoms with Gasteiger partial charge >= 0.3 is 0 Å². The van der Waals surface area contributed by atoms with E-state index in [-0.39, 0.29) is 22.6 Å². The fourth-order valence-electron chi connectivity index (χ4n) is 8.29. The minimum Gasteiger partial charge on any atom is -0.318 e. The van der Waals surface area contributed by atoms with Gasteiger partial charge in [0.25, 0.3) is 0 Å². The van der Waals surface area contributed by atoms with Gasteiger partial charge in [-0.1, -0.05) is 38.4 Å². The Morgan fingerprint density at radius 2 is 2.00 bits per heavy atom. The van der Waals surface area contributed by atoms with Crippen molar-refractivity contribution >= 4 is 29.2 Å². The number of carbonyl (C=O) groups excluding carboxylic acids is 2. The number of rotatable bonds is 4. The van der Waals surface area contributed by atoms with E-state index in [0.717, 1.165) is 54.9 Å². The number of fused-ring (bicyclic) bond motifs is 5. The molecule has 2 heterocycles. The van der Waals surface area contributed by atoms with Gasteiger partial charge in [-0.2, -0.15) is 0 Å². The van der Waals surface area contributed by atoms with E-state index in [4.69, 9.17) is 11.6 Å². The summed E-state index contributed by atoms with van der Waals surface area (Å²) in [5.74, 6) is 3.01. The van der Waals surface area contributed by atoms with Crippen LogP contribution in [0.5, 0.6) is 0 Å². The number of amides is 2. The Hall–Kier alpha value is -1.88. The predicted molar refractivity (Wildman–Crippen MR) is 135 cm³/mol. The van der Waals surface area contributed by atoms with Gasteiger partial charge in [-0.05, 0) is 86.2 Å². The molecule has 0 unspecified atom stereocenters. The molecule has 4 aliphatic rings. The highest BCUT2D eigenvalue weighted by Crippen LogP contribution is 2.67. The molecule has 1 saturated heterocycles. The number of nitrogens with one attached hydrogen (secondary N) is 1. The SMILES string of the molecule is CCc1cccc(NC(=O)C[C@H]2CC[C@H]3[C@@H]4CC(Cl)=C5N(C)C(=O)CC[C@]5(C)[C@H]4CC[C@]23C)n1. The number of aromatic nitrogens is 1. The summed E-state index contributed by atoms with van der Waals surface area (Å²) in [4.78, 5) is 31.8. The van der Waals surface area contributed by atoms with Gasteiger partial charge in [0, 0.05) is 41.7 Å². The molecule has 1 aromatic heterocycles. The summed E-state index contributed by atoms with van der Waals surface area (Å²) in [6, 6.07) is 5.83. The molecule has 2 saturated carbocycles. The van der Waals surface area contributed by atoms with E-state index < -0.39 is 0 Å². The van der Waals surface area contributed by atoms with E-state index in [9.17, 15) is 9.59 Å². The molecule has 6 atom stereocenters. The number of allylic oxidation sites excluding steroid dienone is 2. The van der Waals surface area contributed by atoms with E-state index >= 15 is 0 Å². The lowest BCUT2D eigenvalue weighted by atomic mass is 9.49. The monoisotopic (exact) mass is 483 g/mol. The largest absolute Gasteiger partial charge is 0.318 e. The Kier molecular flexibility index (Phi) is 6.07. The zero-order chi connectivity index (χ0) is 24.3. The molecule has 0 spiro atoms. The third-order valence-corrected chi connectivity index (χ3v) is 10.4. The zero-order valence-corrected chi connectivity index (χ0v) is 21.8. The van der Waals surface area contributed by atoms with Crippen molar-refractivity contribution < 1.29 is 9.59 Å². The molecule has 3 aliphatic carbocycles. The third kappa shape index (κ3) is 3.70. The summed E-state index contributed by atoms with van der Waals surface area (Å²) in [6.45, 7) is 6.86. The Labute approximate surface area is 208 Å². The Morgan fingerprint density at radius 1 is 1.21 bits per heavy atom. The fourth-order valence-corrected chi connectivity index (χ4v) is 8.81. The van der Waals surface area contributed by atoms with Gasteiger partial charge in [-0.25, -0.2) is 4.98 Å². The molecule has 5 rings (SSSR count). The standard InChI is InChI=1S/C28H38ClN3O2/c1-5-18-7-6-8-23(30-18)31-24(33)15-17-9-10-20-19-16-22(29)26-28(3,14-12-25(34)32(26)4)21(19)11-13-27(17,20)2/h6-8,17,19-21H,5,9-16H2,1-4H3,(H,30,31,33)/t17-,19+,20+,21+,27-,28-/m1/s1. The van der Waals surface area contributed by atoms with E-state index in [1.165, 1.54) is 6.42 Å². The van der Waals surface area contributed by atoms with Crippen LogP contribution in [-0.4, -0.2) is 28.7 Å². The van der Waals surface area contributed by atoms with Crippen LogP contribution >= 0.6 is 11.6 Å². The summed E-state index contributed by atoms with van der Waals surface area (Å²) in [6.07, 6.45) is 8.39. The summed E-state index contributed by atoms with van der Waals surface area (Å²) in [5, 5.41) is 3.95. The van der Waals surface area contributed by atoms with Crippen molar-refractivity contribution in [1.29, 1.82) is 0 Å². The van der Waals surface area contributed by atoms with Crippen LogP contribution in [0.15, 0.2) is 28.9 Å². The van der Waals surface area contributed by atoms with Crippen LogP contribution in [0.1, 0.15) is 77.8 Å². The summed E-state index contributed by atoms with van der Waals surface area (Å²) in [5.41, 5.74) is 2.23. The number of hydrogen-bond donors (Lipinski definition) is 1. The van der Waals surface area contributed by atoms with Gasteiger partial charge in [0.15, 0.2) is 0 Å². The lowest BCUT2D eigenvalue weighted by Gasteiger charge is -2.59. The summed E-state index contributed by atoms with van der Waals surface area (Å²) < 4.78 is 0. The number of pyridine rings is 1. The summed E-state index contributed by atoms with van der Waals surface area (Å²) in [7, 11) is 1.90. The van der Waals surface area contributed by atoms with E-state index in [2.05, 4.69) is 31.1 Å².